The summed E-state index contributed by atoms with van der Waals surface area (Å²) in [7, 11) is 0. The van der Waals surface area contributed by atoms with Crippen molar-refractivity contribution in [3.05, 3.63) is 52.4 Å². The average molecular weight is 354 g/mol. The molecule has 2 aromatic rings. The number of likely N-dealkylation sites (tertiary alicyclic amines) is 1. The molecule has 2 aliphatic rings. The van der Waals surface area contributed by atoms with Crippen molar-refractivity contribution in [2.75, 3.05) is 13.1 Å². The fourth-order valence-corrected chi connectivity index (χ4v) is 4.05. The van der Waals surface area contributed by atoms with Crippen molar-refractivity contribution in [1.82, 2.24) is 10.1 Å². The zero-order valence-electron chi connectivity index (χ0n) is 14.6. The van der Waals surface area contributed by atoms with E-state index in [-0.39, 0.29) is 5.91 Å². The molecule has 2 heterocycles. The predicted molar refractivity (Wildman–Crippen MR) is 94.3 cm³/mol. The van der Waals surface area contributed by atoms with Gasteiger partial charge in [-0.1, -0.05) is 17.3 Å². The van der Waals surface area contributed by atoms with Crippen molar-refractivity contribution in [2.24, 2.45) is 5.92 Å². The van der Waals surface area contributed by atoms with Crippen LogP contribution in [-0.2, 0) is 19.3 Å². The number of fused-ring (bicyclic) bond motifs is 1. The minimum atomic E-state index is -0.912. The monoisotopic (exact) mass is 354 g/mol. The van der Waals surface area contributed by atoms with Crippen LogP contribution >= 0.6 is 0 Å². The lowest BCUT2D eigenvalue weighted by molar-refractivity contribution is 0.0695. The SMILES string of the molecule is O=C(O)c1cccc(CC2CCN(C(=O)c3onc4c3CCCC4)C2)c1. The molecule has 1 amide bonds. The number of aryl methyl sites for hydroxylation is 1. The second-order valence-corrected chi connectivity index (χ2v) is 7.26. The highest BCUT2D eigenvalue weighted by atomic mass is 16.5. The number of carbonyl (C=O) groups is 2. The number of hydrogen-bond donors (Lipinski definition) is 1. The van der Waals surface area contributed by atoms with Crippen LogP contribution in [0.4, 0.5) is 0 Å². The maximum absolute atomic E-state index is 12.8. The van der Waals surface area contributed by atoms with Crippen molar-refractivity contribution in [2.45, 2.75) is 38.5 Å². The summed E-state index contributed by atoms with van der Waals surface area (Å²) in [6.07, 6.45) is 5.65. The number of amides is 1. The molecule has 1 aromatic heterocycles. The van der Waals surface area contributed by atoms with Crippen LogP contribution in [0.1, 0.15) is 57.0 Å². The molecule has 0 spiro atoms. The van der Waals surface area contributed by atoms with Gasteiger partial charge in [0.2, 0.25) is 5.76 Å². The third kappa shape index (κ3) is 3.23. The van der Waals surface area contributed by atoms with Crippen molar-refractivity contribution >= 4 is 11.9 Å². The molecule has 1 aliphatic carbocycles. The van der Waals surface area contributed by atoms with E-state index in [0.717, 1.165) is 55.3 Å². The number of nitrogens with zero attached hydrogens (tertiary/aromatic N) is 2. The van der Waals surface area contributed by atoms with Crippen LogP contribution in [-0.4, -0.2) is 40.1 Å². The molecular formula is C20H22N2O4. The van der Waals surface area contributed by atoms with E-state index in [0.29, 0.717) is 30.3 Å². The van der Waals surface area contributed by atoms with Gasteiger partial charge in [-0.3, -0.25) is 4.79 Å². The van der Waals surface area contributed by atoms with Crippen LogP contribution in [0.15, 0.2) is 28.8 Å². The Bertz CT molecular complexity index is 842. The summed E-state index contributed by atoms with van der Waals surface area (Å²) in [5, 5.41) is 13.2. The van der Waals surface area contributed by atoms with Gasteiger partial charge in [-0.2, -0.15) is 0 Å². The summed E-state index contributed by atoms with van der Waals surface area (Å²) in [4.78, 5) is 25.8. The quantitative estimate of drug-likeness (QED) is 0.913. The number of carboxylic acids is 1. The van der Waals surface area contributed by atoms with Gasteiger partial charge in [-0.15, -0.1) is 0 Å². The first-order chi connectivity index (χ1) is 12.6. The third-order valence-corrected chi connectivity index (χ3v) is 5.43. The molecule has 4 rings (SSSR count). The first kappa shape index (κ1) is 16.8. The smallest absolute Gasteiger partial charge is 0.335 e. The van der Waals surface area contributed by atoms with Crippen LogP contribution in [0, 0.1) is 5.92 Å². The Kier molecular flexibility index (Phi) is 4.49. The second-order valence-electron chi connectivity index (χ2n) is 7.26. The van der Waals surface area contributed by atoms with Crippen molar-refractivity contribution in [3.8, 4) is 0 Å². The lowest BCUT2D eigenvalue weighted by Gasteiger charge is -2.16. The van der Waals surface area contributed by atoms with Gasteiger partial charge >= 0.3 is 5.97 Å². The van der Waals surface area contributed by atoms with Crippen LogP contribution in [0.25, 0.3) is 0 Å². The Hall–Kier alpha value is -2.63. The molecule has 1 atom stereocenters. The maximum atomic E-state index is 12.8. The predicted octanol–water partition coefficient (Wildman–Crippen LogP) is 2.96. The number of carbonyl (C=O) groups excluding carboxylic acids is 1. The third-order valence-electron chi connectivity index (χ3n) is 5.43. The molecule has 1 aromatic carbocycles. The number of hydrogen-bond acceptors (Lipinski definition) is 4. The normalized spacial score (nSPS) is 19.4. The van der Waals surface area contributed by atoms with Gasteiger partial charge in [-0.05, 0) is 62.1 Å². The van der Waals surface area contributed by atoms with Crippen LogP contribution in [0.3, 0.4) is 0 Å². The highest BCUT2D eigenvalue weighted by Gasteiger charge is 2.32. The Morgan fingerprint density at radius 2 is 2.12 bits per heavy atom. The van der Waals surface area contributed by atoms with E-state index in [9.17, 15) is 9.59 Å². The lowest BCUT2D eigenvalue weighted by atomic mass is 9.96. The van der Waals surface area contributed by atoms with Gasteiger partial charge in [0.25, 0.3) is 5.91 Å². The topological polar surface area (TPSA) is 83.6 Å². The molecule has 1 unspecified atom stereocenters. The molecule has 1 saturated heterocycles. The molecule has 0 saturated carbocycles. The van der Waals surface area contributed by atoms with Crippen LogP contribution < -0.4 is 0 Å². The molecule has 0 radical (unpaired) electrons. The fraction of sp³-hybridized carbons (Fsp3) is 0.450. The summed E-state index contributed by atoms with van der Waals surface area (Å²) in [6, 6.07) is 7.05. The van der Waals surface area contributed by atoms with Gasteiger partial charge in [0.1, 0.15) is 0 Å². The van der Waals surface area contributed by atoms with E-state index in [1.54, 1.807) is 18.2 Å². The van der Waals surface area contributed by atoms with Gasteiger partial charge in [-0.25, -0.2) is 4.79 Å². The molecule has 1 fully saturated rings. The molecule has 6 heteroatoms. The van der Waals surface area contributed by atoms with Crippen molar-refractivity contribution < 1.29 is 19.2 Å². The Balaban J connectivity index is 1.42. The summed E-state index contributed by atoms with van der Waals surface area (Å²) in [5.41, 5.74) is 3.25. The first-order valence-electron chi connectivity index (χ1n) is 9.20. The Labute approximate surface area is 151 Å². The van der Waals surface area contributed by atoms with Gasteiger partial charge in [0.05, 0.1) is 11.3 Å². The largest absolute Gasteiger partial charge is 0.478 e. The molecule has 6 nitrogen and oxygen atoms in total. The Morgan fingerprint density at radius 3 is 2.96 bits per heavy atom. The Morgan fingerprint density at radius 1 is 1.27 bits per heavy atom. The molecule has 26 heavy (non-hydrogen) atoms. The van der Waals surface area contributed by atoms with Crippen molar-refractivity contribution in [1.29, 1.82) is 0 Å². The minimum absolute atomic E-state index is 0.0533. The fourth-order valence-electron chi connectivity index (χ4n) is 4.05. The van der Waals surface area contributed by atoms with E-state index in [1.807, 2.05) is 11.0 Å². The highest BCUT2D eigenvalue weighted by molar-refractivity contribution is 5.93. The number of carboxylic acid groups (broad SMARTS) is 1. The molecular weight excluding hydrogens is 332 g/mol. The van der Waals surface area contributed by atoms with Crippen molar-refractivity contribution in [3.63, 3.8) is 0 Å². The minimum Gasteiger partial charge on any atom is -0.478 e. The van der Waals surface area contributed by atoms with Gasteiger partial charge in [0, 0.05) is 18.7 Å². The average Bonchev–Trinajstić information content (AvgIpc) is 3.28. The second kappa shape index (κ2) is 6.94. The maximum Gasteiger partial charge on any atom is 0.335 e. The van der Waals surface area contributed by atoms with E-state index in [2.05, 4.69) is 5.16 Å². The zero-order chi connectivity index (χ0) is 18.1. The summed E-state index contributed by atoms with van der Waals surface area (Å²) >= 11 is 0. The number of rotatable bonds is 4. The number of aromatic carboxylic acids is 1. The van der Waals surface area contributed by atoms with E-state index in [4.69, 9.17) is 9.63 Å². The first-order valence-corrected chi connectivity index (χ1v) is 9.20. The van der Waals surface area contributed by atoms with E-state index >= 15 is 0 Å². The summed E-state index contributed by atoms with van der Waals surface area (Å²) in [5.74, 6) is -0.206. The molecule has 0 bridgehead atoms. The molecule has 1 aliphatic heterocycles. The molecule has 1 N–H and O–H groups in total. The number of benzene rings is 1. The number of aromatic nitrogens is 1. The lowest BCUT2D eigenvalue weighted by Crippen LogP contribution is -2.29. The van der Waals surface area contributed by atoms with E-state index in [1.165, 1.54) is 0 Å². The van der Waals surface area contributed by atoms with Crippen LogP contribution in [0.2, 0.25) is 0 Å². The van der Waals surface area contributed by atoms with Crippen LogP contribution in [0.5, 0.6) is 0 Å². The summed E-state index contributed by atoms with van der Waals surface area (Å²) in [6.45, 7) is 1.38. The highest BCUT2D eigenvalue weighted by Crippen LogP contribution is 2.28. The van der Waals surface area contributed by atoms with Gasteiger partial charge < -0.3 is 14.5 Å². The molecule has 136 valence electrons. The summed E-state index contributed by atoms with van der Waals surface area (Å²) < 4.78 is 5.38. The zero-order valence-corrected chi connectivity index (χ0v) is 14.6. The standard InChI is InChI=1S/C20H22N2O4/c23-19(18-16-6-1-2-7-17(16)21-26-18)22-9-8-14(12-22)10-13-4-3-5-15(11-13)20(24)25/h3-5,11,14H,1-2,6-10,12H2,(H,24,25). The van der Waals surface area contributed by atoms with Gasteiger partial charge in [0.15, 0.2) is 0 Å². The van der Waals surface area contributed by atoms with E-state index < -0.39 is 5.97 Å².